The maximum absolute atomic E-state index is 10.8. The number of carbonyl (C=O) groups excluding carboxylic acids is 6. The van der Waals surface area contributed by atoms with Gasteiger partial charge in [-0.2, -0.15) is 19.2 Å². The van der Waals surface area contributed by atoms with Crippen molar-refractivity contribution in [3.8, 4) is 0 Å². The maximum atomic E-state index is 10.8. The second-order valence-corrected chi connectivity index (χ2v) is 5.73. The molecular weight excluding hydrogens is 400 g/mol. The van der Waals surface area contributed by atoms with E-state index in [0.717, 1.165) is 25.0 Å². The number of methoxy groups -OCH3 is 2. The molecule has 10 heteroatoms. The minimum Gasteiger partial charge on any atom is -0.469 e. The number of ether oxygens (including phenoxy) is 3. The molecule has 0 aromatic carbocycles. The summed E-state index contributed by atoms with van der Waals surface area (Å²) in [7, 11) is 2.75. The van der Waals surface area contributed by atoms with E-state index < -0.39 is 0 Å². The monoisotopic (exact) mass is 426 g/mol. The van der Waals surface area contributed by atoms with E-state index in [1.54, 1.807) is 12.1 Å². The average Bonchev–Trinajstić information content (AvgIpc) is 3.33. The standard InChI is InChI=1S/C9H16O3.C9H10O3.2CO2/c2*1-7-3-4-8(12-7)5-6-9(10)11-2;2*2-1-3/h7-8H,3-6H2,1-2H3;3-6H,1-2H3;;/b;6-5+;;. The zero-order chi connectivity index (χ0) is 23.4. The van der Waals surface area contributed by atoms with Crippen LogP contribution in [0.5, 0.6) is 0 Å². The van der Waals surface area contributed by atoms with Crippen LogP contribution in [0.3, 0.4) is 0 Å². The van der Waals surface area contributed by atoms with Crippen LogP contribution in [-0.4, -0.2) is 50.7 Å². The minimum atomic E-state index is -0.385. The van der Waals surface area contributed by atoms with Gasteiger partial charge in [0.05, 0.1) is 26.4 Å². The van der Waals surface area contributed by atoms with Crippen molar-refractivity contribution in [3.05, 3.63) is 29.7 Å². The molecule has 2 rings (SSSR count). The van der Waals surface area contributed by atoms with Crippen LogP contribution in [0, 0.1) is 6.92 Å². The molecule has 1 aliphatic rings. The van der Waals surface area contributed by atoms with Crippen molar-refractivity contribution in [2.24, 2.45) is 0 Å². The molecule has 1 aromatic heterocycles. The molecule has 0 bridgehead atoms. The van der Waals surface area contributed by atoms with Gasteiger partial charge >= 0.3 is 24.2 Å². The Morgan fingerprint density at radius 1 is 1.10 bits per heavy atom. The summed E-state index contributed by atoms with van der Waals surface area (Å²) in [6, 6.07) is 3.62. The number of esters is 2. The highest BCUT2D eigenvalue weighted by atomic mass is 16.5. The van der Waals surface area contributed by atoms with Gasteiger partial charge in [0.15, 0.2) is 0 Å². The summed E-state index contributed by atoms with van der Waals surface area (Å²) in [6.45, 7) is 3.91. The lowest BCUT2D eigenvalue weighted by Crippen LogP contribution is -2.11. The molecule has 1 aliphatic heterocycles. The van der Waals surface area contributed by atoms with Gasteiger partial charge in [0.25, 0.3) is 0 Å². The highest BCUT2D eigenvalue weighted by Crippen LogP contribution is 2.22. The van der Waals surface area contributed by atoms with Crippen molar-refractivity contribution < 1.29 is 47.4 Å². The first-order valence-electron chi connectivity index (χ1n) is 8.81. The van der Waals surface area contributed by atoms with Crippen molar-refractivity contribution in [2.75, 3.05) is 14.2 Å². The molecule has 1 aromatic rings. The van der Waals surface area contributed by atoms with Gasteiger partial charge in [-0.05, 0) is 51.3 Å². The fourth-order valence-electron chi connectivity index (χ4n) is 2.24. The van der Waals surface area contributed by atoms with E-state index in [0.29, 0.717) is 18.3 Å². The highest BCUT2D eigenvalue weighted by molar-refractivity contribution is 5.86. The second-order valence-electron chi connectivity index (χ2n) is 5.73. The molecule has 2 atom stereocenters. The SMILES string of the molecule is COC(=O)/C=C/c1ccc(C)o1.COC(=O)CCC1CCC(C)O1.O=C=O.O=C=O. The van der Waals surface area contributed by atoms with Crippen LogP contribution in [0.15, 0.2) is 22.6 Å². The number of carbonyl (C=O) groups is 2. The molecule has 10 nitrogen and oxygen atoms in total. The lowest BCUT2D eigenvalue weighted by atomic mass is 10.1. The van der Waals surface area contributed by atoms with Gasteiger partial charge in [0.2, 0.25) is 0 Å². The number of hydrogen-bond donors (Lipinski definition) is 0. The van der Waals surface area contributed by atoms with Crippen LogP contribution in [-0.2, 0) is 43.0 Å². The average molecular weight is 426 g/mol. The van der Waals surface area contributed by atoms with E-state index in [2.05, 4.69) is 16.4 Å². The Balaban J connectivity index is 0. The lowest BCUT2D eigenvalue weighted by molar-refractivity contribution is -0.193. The van der Waals surface area contributed by atoms with E-state index in [9.17, 15) is 9.59 Å². The van der Waals surface area contributed by atoms with Gasteiger partial charge in [-0.1, -0.05) is 0 Å². The van der Waals surface area contributed by atoms with Crippen molar-refractivity contribution in [1.29, 1.82) is 0 Å². The Morgan fingerprint density at radius 2 is 1.70 bits per heavy atom. The smallest absolute Gasteiger partial charge is 0.373 e. The summed E-state index contributed by atoms with van der Waals surface area (Å²) in [5.74, 6) is 0.944. The largest absolute Gasteiger partial charge is 0.469 e. The number of hydrogen-bond acceptors (Lipinski definition) is 10. The van der Waals surface area contributed by atoms with Crippen LogP contribution < -0.4 is 0 Å². The minimum absolute atomic E-state index is 0.141. The third kappa shape index (κ3) is 16.8. The van der Waals surface area contributed by atoms with Crippen LogP contribution in [0.2, 0.25) is 0 Å². The topological polar surface area (TPSA) is 143 Å². The van der Waals surface area contributed by atoms with Crippen LogP contribution in [0.1, 0.15) is 44.1 Å². The van der Waals surface area contributed by atoms with Gasteiger partial charge in [-0.3, -0.25) is 4.79 Å². The molecule has 0 saturated carbocycles. The summed E-state index contributed by atoms with van der Waals surface area (Å²) < 4.78 is 19.7. The molecule has 1 saturated heterocycles. The van der Waals surface area contributed by atoms with Gasteiger partial charge in [0.1, 0.15) is 11.5 Å². The molecule has 2 unspecified atom stereocenters. The van der Waals surface area contributed by atoms with Gasteiger partial charge in [0, 0.05) is 12.5 Å². The van der Waals surface area contributed by atoms with Gasteiger partial charge in [-0.25, -0.2) is 4.79 Å². The zero-order valence-electron chi connectivity index (χ0n) is 17.4. The molecule has 166 valence electrons. The molecule has 0 amide bonds. The van der Waals surface area contributed by atoms with E-state index in [1.165, 1.54) is 20.3 Å². The first kappa shape index (κ1) is 28.9. The van der Waals surface area contributed by atoms with Crippen molar-refractivity contribution in [2.45, 2.75) is 51.7 Å². The van der Waals surface area contributed by atoms with Gasteiger partial charge < -0.3 is 18.6 Å². The predicted octanol–water partition coefficient (Wildman–Crippen LogP) is 2.11. The third-order valence-electron chi connectivity index (χ3n) is 3.56. The normalized spacial score (nSPS) is 16.3. The second kappa shape index (κ2) is 19.0. The summed E-state index contributed by atoms with van der Waals surface area (Å²) in [5.41, 5.74) is 0. The first-order chi connectivity index (χ1) is 14.3. The lowest BCUT2D eigenvalue weighted by Gasteiger charge is -2.09. The molecule has 1 fully saturated rings. The Hall–Kier alpha value is -3.32. The molecule has 0 radical (unpaired) electrons. The van der Waals surface area contributed by atoms with Crippen LogP contribution >= 0.6 is 0 Å². The molecular formula is C20H26O10. The summed E-state index contributed by atoms with van der Waals surface area (Å²) in [6.07, 6.45) is 7.51. The zero-order valence-corrected chi connectivity index (χ0v) is 17.4. The van der Waals surface area contributed by atoms with E-state index in [1.807, 2.05) is 13.0 Å². The first-order valence-corrected chi connectivity index (χ1v) is 8.81. The van der Waals surface area contributed by atoms with E-state index in [4.69, 9.17) is 28.3 Å². The maximum Gasteiger partial charge on any atom is 0.373 e. The quantitative estimate of drug-likeness (QED) is 0.507. The fraction of sp³-hybridized carbons (Fsp3) is 0.500. The highest BCUT2D eigenvalue weighted by Gasteiger charge is 2.22. The van der Waals surface area contributed by atoms with Crippen LogP contribution in [0.4, 0.5) is 0 Å². The number of furan rings is 1. The van der Waals surface area contributed by atoms with E-state index in [-0.39, 0.29) is 30.3 Å². The summed E-state index contributed by atoms with van der Waals surface area (Å²) in [4.78, 5) is 53.9. The Bertz CT molecular complexity index is 695. The van der Waals surface area contributed by atoms with Crippen molar-refractivity contribution >= 4 is 30.3 Å². The Kier molecular flexibility index (Phi) is 18.3. The Labute approximate surface area is 174 Å². The molecule has 30 heavy (non-hydrogen) atoms. The molecule has 0 N–H and O–H groups in total. The van der Waals surface area contributed by atoms with Crippen molar-refractivity contribution in [1.82, 2.24) is 0 Å². The third-order valence-corrected chi connectivity index (χ3v) is 3.56. The molecule has 0 aliphatic carbocycles. The Morgan fingerprint density at radius 3 is 2.10 bits per heavy atom. The predicted molar refractivity (Wildman–Crippen MR) is 99.3 cm³/mol. The molecule has 2 heterocycles. The summed E-state index contributed by atoms with van der Waals surface area (Å²) >= 11 is 0. The van der Waals surface area contributed by atoms with Gasteiger partial charge in [-0.15, -0.1) is 0 Å². The summed E-state index contributed by atoms with van der Waals surface area (Å²) in [5, 5.41) is 0. The van der Waals surface area contributed by atoms with Crippen molar-refractivity contribution in [3.63, 3.8) is 0 Å². The number of aryl methyl sites for hydroxylation is 1. The molecule has 0 spiro atoms. The van der Waals surface area contributed by atoms with Crippen LogP contribution in [0.25, 0.3) is 6.08 Å². The van der Waals surface area contributed by atoms with E-state index >= 15 is 0 Å². The number of rotatable bonds is 5. The fourth-order valence-corrected chi connectivity index (χ4v) is 2.24.